The molecule has 0 unspecified atom stereocenters. The summed E-state index contributed by atoms with van der Waals surface area (Å²) in [6.45, 7) is 7.09. The van der Waals surface area contributed by atoms with Gasteiger partial charge in [-0.25, -0.2) is 0 Å². The van der Waals surface area contributed by atoms with Crippen molar-refractivity contribution in [1.82, 2.24) is 0 Å². The zero-order valence-corrected chi connectivity index (χ0v) is 10.8. The normalized spacial score (nSPS) is 9.41. The van der Waals surface area contributed by atoms with Gasteiger partial charge in [0.15, 0.2) is 0 Å². The van der Waals surface area contributed by atoms with E-state index < -0.39 is 0 Å². The summed E-state index contributed by atoms with van der Waals surface area (Å²) < 4.78 is 4.15. The monoisotopic (exact) mass is 238 g/mol. The first-order valence-electron chi connectivity index (χ1n) is 5.93. The minimum Gasteiger partial charge on any atom is -0.508 e. The topological polar surface area (TPSA) is 46.5 Å². The number of hydrogen-bond acceptors (Lipinski definition) is 3. The fourth-order valence-electron chi connectivity index (χ4n) is 1.24. The van der Waals surface area contributed by atoms with Crippen molar-refractivity contribution in [1.29, 1.82) is 0 Å². The number of ether oxygens (including phenoxy) is 1. The molecule has 0 bridgehead atoms. The molecular weight excluding hydrogens is 216 g/mol. The summed E-state index contributed by atoms with van der Waals surface area (Å²) in [5, 5.41) is 9.18. The summed E-state index contributed by atoms with van der Waals surface area (Å²) in [5.41, 5.74) is 1.23. The van der Waals surface area contributed by atoms with Gasteiger partial charge in [-0.3, -0.25) is 4.79 Å². The molecule has 0 fully saturated rings. The molecule has 0 saturated heterocycles. The lowest BCUT2D eigenvalue weighted by Gasteiger charge is -2.04. The van der Waals surface area contributed by atoms with Gasteiger partial charge < -0.3 is 9.84 Å². The van der Waals surface area contributed by atoms with Crippen molar-refractivity contribution in [3.8, 4) is 5.75 Å². The molecule has 1 aromatic carbocycles. The average molecular weight is 238 g/mol. The molecule has 1 rings (SSSR count). The maximum atomic E-state index is 9.18. The molecule has 1 N–H and O–H groups in total. The van der Waals surface area contributed by atoms with Gasteiger partial charge >= 0.3 is 0 Å². The van der Waals surface area contributed by atoms with Gasteiger partial charge in [-0.15, -0.1) is 0 Å². The molecule has 17 heavy (non-hydrogen) atoms. The fourth-order valence-corrected chi connectivity index (χ4v) is 1.24. The number of carbonyl (C=O) groups excluding carboxylic acids is 1. The molecule has 0 aliphatic carbocycles. The van der Waals surface area contributed by atoms with Crippen molar-refractivity contribution < 1.29 is 14.6 Å². The number of aryl methyl sites for hydroxylation is 1. The van der Waals surface area contributed by atoms with E-state index >= 15 is 0 Å². The van der Waals surface area contributed by atoms with E-state index in [0.29, 0.717) is 18.8 Å². The molecule has 0 aliphatic rings. The van der Waals surface area contributed by atoms with Crippen molar-refractivity contribution in [2.45, 2.75) is 33.6 Å². The van der Waals surface area contributed by atoms with Crippen molar-refractivity contribution in [2.24, 2.45) is 5.92 Å². The molecule has 1 aromatic rings. The second kappa shape index (κ2) is 9.70. The third kappa shape index (κ3) is 9.42. The summed E-state index contributed by atoms with van der Waals surface area (Å²) in [4.78, 5) is 9.18. The summed E-state index contributed by atoms with van der Waals surface area (Å²) >= 11 is 0. The van der Waals surface area contributed by atoms with Crippen LogP contribution < -0.4 is 0 Å². The minimum absolute atomic E-state index is 0.372. The zero-order chi connectivity index (χ0) is 13.1. The van der Waals surface area contributed by atoms with Crippen LogP contribution in [-0.2, 0) is 16.0 Å². The molecule has 0 spiro atoms. The summed E-state index contributed by atoms with van der Waals surface area (Å²) in [6, 6.07) is 7.49. The number of rotatable bonds is 5. The SMILES string of the molecule is CC(C)CCc1cccc(O)c1.CCOC=O. The maximum absolute atomic E-state index is 9.18. The molecular formula is C14H22O3. The fraction of sp³-hybridized carbons (Fsp3) is 0.500. The number of aromatic hydroxyl groups is 1. The Morgan fingerprint density at radius 1 is 1.41 bits per heavy atom. The number of carbonyl (C=O) groups is 1. The molecule has 3 heteroatoms. The van der Waals surface area contributed by atoms with Crippen LogP contribution in [0.1, 0.15) is 32.8 Å². The highest BCUT2D eigenvalue weighted by atomic mass is 16.5. The van der Waals surface area contributed by atoms with Crippen molar-refractivity contribution >= 4 is 6.47 Å². The van der Waals surface area contributed by atoms with E-state index in [0.717, 1.165) is 12.3 Å². The zero-order valence-electron chi connectivity index (χ0n) is 10.8. The highest BCUT2D eigenvalue weighted by molar-refractivity contribution is 5.36. The van der Waals surface area contributed by atoms with Crippen molar-refractivity contribution in [2.75, 3.05) is 6.61 Å². The van der Waals surface area contributed by atoms with Gasteiger partial charge in [-0.2, -0.15) is 0 Å². The van der Waals surface area contributed by atoms with Crippen LogP contribution in [0.4, 0.5) is 0 Å². The molecule has 0 amide bonds. The summed E-state index contributed by atoms with van der Waals surface area (Å²) in [6.07, 6.45) is 2.25. The van der Waals surface area contributed by atoms with E-state index in [-0.39, 0.29) is 0 Å². The lowest BCUT2D eigenvalue weighted by Crippen LogP contribution is -1.91. The van der Waals surface area contributed by atoms with Crippen molar-refractivity contribution in [3.05, 3.63) is 29.8 Å². The van der Waals surface area contributed by atoms with Gasteiger partial charge in [0.25, 0.3) is 6.47 Å². The Kier molecular flexibility index (Phi) is 8.84. The molecule has 96 valence electrons. The van der Waals surface area contributed by atoms with Gasteiger partial charge in [0.05, 0.1) is 6.61 Å². The van der Waals surface area contributed by atoms with Crippen LogP contribution in [0.25, 0.3) is 0 Å². The summed E-state index contributed by atoms with van der Waals surface area (Å²) in [7, 11) is 0. The molecule has 0 aliphatic heterocycles. The van der Waals surface area contributed by atoms with Gasteiger partial charge in [0.2, 0.25) is 0 Å². The molecule has 0 atom stereocenters. The van der Waals surface area contributed by atoms with Gasteiger partial charge in [0, 0.05) is 0 Å². The van der Waals surface area contributed by atoms with Gasteiger partial charge in [0.1, 0.15) is 5.75 Å². The third-order valence-electron chi connectivity index (χ3n) is 2.16. The Balaban J connectivity index is 0.000000437. The Bertz CT molecular complexity index is 308. The quantitative estimate of drug-likeness (QED) is 0.801. The molecule has 0 aromatic heterocycles. The Hall–Kier alpha value is -1.51. The molecule has 0 saturated carbocycles. The molecule has 0 radical (unpaired) electrons. The van der Waals surface area contributed by atoms with E-state index in [1.165, 1.54) is 12.0 Å². The lowest BCUT2D eigenvalue weighted by atomic mass is 10.0. The van der Waals surface area contributed by atoms with E-state index in [1.807, 2.05) is 12.1 Å². The number of phenols is 1. The smallest absolute Gasteiger partial charge is 0.293 e. The Labute approximate surface area is 103 Å². The predicted octanol–water partition coefficient (Wildman–Crippen LogP) is 3.16. The first-order valence-corrected chi connectivity index (χ1v) is 5.93. The van der Waals surface area contributed by atoms with Crippen LogP contribution in [0.5, 0.6) is 5.75 Å². The highest BCUT2D eigenvalue weighted by Crippen LogP contribution is 2.14. The summed E-state index contributed by atoms with van der Waals surface area (Å²) in [5.74, 6) is 1.10. The van der Waals surface area contributed by atoms with E-state index in [9.17, 15) is 9.90 Å². The van der Waals surface area contributed by atoms with E-state index in [4.69, 9.17) is 0 Å². The number of benzene rings is 1. The van der Waals surface area contributed by atoms with Crippen LogP contribution in [0.15, 0.2) is 24.3 Å². The van der Waals surface area contributed by atoms with E-state index in [1.54, 1.807) is 13.0 Å². The number of phenolic OH excluding ortho intramolecular Hbond substituents is 1. The predicted molar refractivity (Wildman–Crippen MR) is 69.0 cm³/mol. The largest absolute Gasteiger partial charge is 0.508 e. The molecule has 0 heterocycles. The second-order valence-corrected chi connectivity index (χ2v) is 4.15. The van der Waals surface area contributed by atoms with Gasteiger partial charge in [-0.05, 0) is 43.4 Å². The highest BCUT2D eigenvalue weighted by Gasteiger charge is 1.97. The second-order valence-electron chi connectivity index (χ2n) is 4.15. The Morgan fingerprint density at radius 3 is 2.53 bits per heavy atom. The lowest BCUT2D eigenvalue weighted by molar-refractivity contribution is -0.128. The van der Waals surface area contributed by atoms with Crippen LogP contribution in [-0.4, -0.2) is 18.2 Å². The van der Waals surface area contributed by atoms with Crippen molar-refractivity contribution in [3.63, 3.8) is 0 Å². The van der Waals surface area contributed by atoms with Crippen LogP contribution in [0, 0.1) is 5.92 Å². The van der Waals surface area contributed by atoms with Crippen LogP contribution >= 0.6 is 0 Å². The Morgan fingerprint density at radius 2 is 2.12 bits per heavy atom. The first-order chi connectivity index (χ1) is 8.10. The minimum atomic E-state index is 0.372. The third-order valence-corrected chi connectivity index (χ3v) is 2.16. The van der Waals surface area contributed by atoms with Crippen LogP contribution in [0.3, 0.4) is 0 Å². The maximum Gasteiger partial charge on any atom is 0.293 e. The van der Waals surface area contributed by atoms with Crippen LogP contribution in [0.2, 0.25) is 0 Å². The average Bonchev–Trinajstić information content (AvgIpc) is 2.28. The molecule has 3 nitrogen and oxygen atoms in total. The standard InChI is InChI=1S/C11H16O.C3H6O2/c1-9(2)6-7-10-4-3-5-11(12)8-10;1-2-5-3-4/h3-5,8-9,12H,6-7H2,1-2H3;3H,2H2,1H3. The van der Waals surface area contributed by atoms with Gasteiger partial charge in [-0.1, -0.05) is 26.0 Å². The first kappa shape index (κ1) is 15.5. The number of hydrogen-bond donors (Lipinski definition) is 1. The van der Waals surface area contributed by atoms with E-state index in [2.05, 4.69) is 24.7 Å².